The maximum Gasteiger partial charge on any atom is 0.410 e. The molecule has 1 saturated heterocycles. The minimum atomic E-state index is -0.653. The fourth-order valence-electron chi connectivity index (χ4n) is 7.62. The van der Waals surface area contributed by atoms with Gasteiger partial charge in [-0.25, -0.2) is 4.79 Å². The molecule has 12 heteroatoms. The highest BCUT2D eigenvalue weighted by atomic mass is 35.5. The van der Waals surface area contributed by atoms with Crippen LogP contribution >= 0.6 is 23.2 Å². The molecule has 1 aliphatic heterocycles. The van der Waals surface area contributed by atoms with Crippen molar-refractivity contribution in [2.45, 2.75) is 90.3 Å². The number of hydrogen-bond acceptors (Lipinski definition) is 8. The van der Waals surface area contributed by atoms with Crippen LogP contribution in [0.4, 0.5) is 4.79 Å². The summed E-state index contributed by atoms with van der Waals surface area (Å²) in [5.41, 5.74) is 3.48. The highest BCUT2D eigenvalue weighted by Gasteiger charge is 2.43. The Balaban J connectivity index is 1.18. The quantitative estimate of drug-likeness (QED) is 0.127. The third-order valence-electron chi connectivity index (χ3n) is 10.9. The minimum Gasteiger partial charge on any atom is -0.493 e. The maximum atomic E-state index is 14.9. The normalized spacial score (nSPS) is 20.5. The topological polar surface area (TPSA) is 107 Å². The Bertz CT molecular complexity index is 1810. The van der Waals surface area contributed by atoms with Crippen molar-refractivity contribution >= 4 is 35.2 Å². The molecule has 1 heterocycles. The van der Waals surface area contributed by atoms with E-state index in [2.05, 4.69) is 18.2 Å². The summed E-state index contributed by atoms with van der Waals surface area (Å²) >= 11 is 12.7. The van der Waals surface area contributed by atoms with Gasteiger partial charge in [-0.3, -0.25) is 4.79 Å². The Morgan fingerprint density at radius 2 is 1.58 bits per heavy atom. The molecule has 1 N–H and O–H groups in total. The van der Waals surface area contributed by atoms with Crippen LogP contribution in [0.3, 0.4) is 0 Å². The van der Waals surface area contributed by atoms with Gasteiger partial charge >= 0.3 is 6.09 Å². The number of hydrogen-bond donors (Lipinski definition) is 1. The molecule has 2 aliphatic carbocycles. The summed E-state index contributed by atoms with van der Waals surface area (Å²) in [6.07, 6.45) is 4.78. The first-order chi connectivity index (χ1) is 27.3. The van der Waals surface area contributed by atoms with Gasteiger partial charge in [0.1, 0.15) is 30.3 Å². The average Bonchev–Trinajstić information content (AvgIpc) is 4.11. The SMILES string of the molecule is COCCCc1cc(CN(C(=O)[C@H]2CN(C(=O)OC(C)(C)C)CC[C@@H]2c2ccc(OCCOc3c(Cl)cc(C)cc3Cl)cc2)C2CC2)cc(OC[C@@H]2C[C@H]2CO)c1. The van der Waals surface area contributed by atoms with Gasteiger partial charge in [0.05, 0.1) is 22.6 Å². The lowest BCUT2D eigenvalue weighted by Gasteiger charge is -2.40. The molecule has 0 radical (unpaired) electrons. The molecule has 4 atom stereocenters. The lowest BCUT2D eigenvalue weighted by Crippen LogP contribution is -2.51. The summed E-state index contributed by atoms with van der Waals surface area (Å²) in [6, 6.07) is 18.0. The third kappa shape index (κ3) is 12.2. The van der Waals surface area contributed by atoms with E-state index in [0.29, 0.717) is 66.1 Å². The fraction of sp³-hybridized carbons (Fsp3) is 0.556. The molecular weight excluding hydrogens is 767 g/mol. The lowest BCUT2D eigenvalue weighted by molar-refractivity contribution is -0.139. The molecule has 0 bridgehead atoms. The second kappa shape index (κ2) is 19.4. The van der Waals surface area contributed by atoms with Crippen molar-refractivity contribution < 1.29 is 38.4 Å². The van der Waals surface area contributed by atoms with Crippen molar-refractivity contribution in [3.8, 4) is 17.2 Å². The van der Waals surface area contributed by atoms with Crippen LogP contribution in [0, 0.1) is 24.7 Å². The second-order valence-electron chi connectivity index (χ2n) is 16.8. The number of aryl methyl sites for hydroxylation is 2. The predicted octanol–water partition coefficient (Wildman–Crippen LogP) is 8.88. The van der Waals surface area contributed by atoms with Gasteiger partial charge in [0, 0.05) is 46.0 Å². The predicted molar refractivity (Wildman–Crippen MR) is 222 cm³/mol. The number of likely N-dealkylation sites (tertiary alicyclic amines) is 1. The molecule has 310 valence electrons. The van der Waals surface area contributed by atoms with E-state index >= 15 is 0 Å². The molecule has 3 aromatic rings. The van der Waals surface area contributed by atoms with Gasteiger partial charge in [0.2, 0.25) is 5.91 Å². The number of carbonyl (C=O) groups is 2. The number of ether oxygens (including phenoxy) is 5. The zero-order valence-electron chi connectivity index (χ0n) is 33.9. The van der Waals surface area contributed by atoms with Gasteiger partial charge in [-0.2, -0.15) is 0 Å². The van der Waals surface area contributed by atoms with E-state index in [1.54, 1.807) is 12.0 Å². The lowest BCUT2D eigenvalue weighted by atomic mass is 9.79. The van der Waals surface area contributed by atoms with E-state index in [0.717, 1.165) is 60.1 Å². The van der Waals surface area contributed by atoms with Crippen LogP contribution in [0.25, 0.3) is 0 Å². The monoisotopic (exact) mass is 824 g/mol. The van der Waals surface area contributed by atoms with Gasteiger partial charge in [-0.05, 0) is 143 Å². The summed E-state index contributed by atoms with van der Waals surface area (Å²) in [6.45, 7) is 10.6. The Labute approximate surface area is 347 Å². The Hall–Kier alpha value is -3.70. The van der Waals surface area contributed by atoms with Crippen molar-refractivity contribution in [1.29, 1.82) is 0 Å². The highest BCUT2D eigenvalue weighted by molar-refractivity contribution is 6.37. The van der Waals surface area contributed by atoms with Gasteiger partial charge in [0.15, 0.2) is 5.75 Å². The van der Waals surface area contributed by atoms with Crippen molar-refractivity contribution in [2.75, 3.05) is 53.2 Å². The fourth-order valence-corrected chi connectivity index (χ4v) is 8.33. The number of piperidine rings is 1. The molecular formula is C45H58Cl2N2O8. The van der Waals surface area contributed by atoms with Crippen molar-refractivity contribution in [3.05, 3.63) is 86.9 Å². The van der Waals surface area contributed by atoms with E-state index in [1.165, 1.54) is 0 Å². The van der Waals surface area contributed by atoms with Gasteiger partial charge in [-0.1, -0.05) is 41.4 Å². The minimum absolute atomic E-state index is 0.0395. The summed E-state index contributed by atoms with van der Waals surface area (Å²) in [5.74, 6) is 2.04. The molecule has 3 fully saturated rings. The van der Waals surface area contributed by atoms with Crippen LogP contribution in [0.2, 0.25) is 10.0 Å². The zero-order valence-corrected chi connectivity index (χ0v) is 35.4. The molecule has 2 saturated carbocycles. The van der Waals surface area contributed by atoms with Crippen molar-refractivity contribution in [1.82, 2.24) is 9.80 Å². The number of carbonyl (C=O) groups excluding carboxylic acids is 2. The molecule has 0 aromatic heterocycles. The number of benzene rings is 3. The Morgan fingerprint density at radius 1 is 0.877 bits per heavy atom. The van der Waals surface area contributed by atoms with Crippen LogP contribution in [-0.2, 0) is 27.2 Å². The number of halogens is 2. The number of aliphatic hydroxyl groups is 1. The molecule has 0 unspecified atom stereocenters. The summed E-state index contributed by atoms with van der Waals surface area (Å²) in [7, 11) is 1.71. The highest BCUT2D eigenvalue weighted by Crippen LogP contribution is 2.41. The standard InChI is InChI=1S/C45H58Cl2N2O8/c1-29-19-40(46)42(41(47)20-29)55-18-17-54-36-12-8-32(9-13-36)38-14-15-48(44(52)57-45(2,3)4)26-39(38)43(51)49(35-10-11-35)25-31-21-30(7-6-16-53-5)22-37(23-31)56-28-34-24-33(34)27-50/h8-9,12-13,19-23,33-35,38-39,50H,6-7,10-11,14-18,24-28H2,1-5H3/t33-,34-,38+,39-/m0/s1. The van der Waals surface area contributed by atoms with Crippen LogP contribution in [0.1, 0.15) is 81.0 Å². The smallest absolute Gasteiger partial charge is 0.410 e. The first-order valence-corrected chi connectivity index (χ1v) is 21.0. The molecule has 2 amide bonds. The van der Waals surface area contributed by atoms with Gasteiger partial charge in [0.25, 0.3) is 0 Å². The number of amides is 2. The van der Waals surface area contributed by atoms with Crippen molar-refractivity contribution in [2.24, 2.45) is 17.8 Å². The first kappa shape index (κ1) is 42.9. The van der Waals surface area contributed by atoms with E-state index in [4.69, 9.17) is 46.9 Å². The van der Waals surface area contributed by atoms with Crippen molar-refractivity contribution in [3.63, 3.8) is 0 Å². The molecule has 3 aromatic carbocycles. The Kier molecular flexibility index (Phi) is 14.6. The number of aliphatic hydroxyl groups excluding tert-OH is 1. The molecule has 0 spiro atoms. The third-order valence-corrected chi connectivity index (χ3v) is 11.4. The molecule has 3 aliphatic rings. The van der Waals surface area contributed by atoms with Crippen LogP contribution in [-0.4, -0.2) is 91.8 Å². The van der Waals surface area contributed by atoms with Gasteiger partial charge < -0.3 is 38.6 Å². The summed E-state index contributed by atoms with van der Waals surface area (Å²) in [4.78, 5) is 32.0. The Morgan fingerprint density at radius 3 is 2.23 bits per heavy atom. The number of rotatable bonds is 18. The van der Waals surface area contributed by atoms with Crippen LogP contribution in [0.15, 0.2) is 54.6 Å². The largest absolute Gasteiger partial charge is 0.493 e. The van der Waals surface area contributed by atoms with E-state index in [9.17, 15) is 14.7 Å². The average molecular weight is 826 g/mol. The maximum absolute atomic E-state index is 14.9. The van der Waals surface area contributed by atoms with E-state index < -0.39 is 17.6 Å². The number of nitrogens with zero attached hydrogens (tertiary/aromatic N) is 2. The summed E-state index contributed by atoms with van der Waals surface area (Å²) < 4.78 is 29.2. The van der Waals surface area contributed by atoms with Gasteiger partial charge in [-0.15, -0.1) is 0 Å². The first-order valence-electron chi connectivity index (χ1n) is 20.3. The summed E-state index contributed by atoms with van der Waals surface area (Å²) in [5, 5.41) is 10.5. The second-order valence-corrected chi connectivity index (χ2v) is 17.6. The van der Waals surface area contributed by atoms with E-state index in [1.807, 2.05) is 69.0 Å². The van der Waals surface area contributed by atoms with E-state index in [-0.39, 0.29) is 44.2 Å². The zero-order chi connectivity index (χ0) is 40.7. The number of methoxy groups -OCH3 is 1. The molecule has 6 rings (SSSR count). The van der Waals surface area contributed by atoms with Crippen LogP contribution in [0.5, 0.6) is 17.2 Å². The molecule has 10 nitrogen and oxygen atoms in total. The van der Waals surface area contributed by atoms with Crippen LogP contribution < -0.4 is 14.2 Å². The molecule has 57 heavy (non-hydrogen) atoms.